The first-order valence-corrected chi connectivity index (χ1v) is 8.87. The smallest absolute Gasteiger partial charge is 0.354 e. The third-order valence-electron chi connectivity index (χ3n) is 4.01. The zero-order chi connectivity index (χ0) is 18.3. The summed E-state index contributed by atoms with van der Waals surface area (Å²) in [6.45, 7) is 0.242. The van der Waals surface area contributed by atoms with Gasteiger partial charge in [-0.3, -0.25) is 0 Å². The largest absolute Gasteiger partial charge is 0.477 e. The number of nitrogens with zero attached hydrogens (tertiary/aromatic N) is 3. The molecule has 3 heterocycles. The number of halogens is 2. The molecule has 1 aromatic carbocycles. The van der Waals surface area contributed by atoms with Crippen LogP contribution < -0.4 is 9.96 Å². The van der Waals surface area contributed by atoms with Crippen molar-refractivity contribution in [3.63, 3.8) is 0 Å². The monoisotopic (exact) mass is 388 g/mol. The summed E-state index contributed by atoms with van der Waals surface area (Å²) in [5.74, 6) is -0.890. The molecular weight excluding hydrogens is 377 g/mol. The number of hydrogen-bond acceptors (Lipinski definition) is 4. The molecular formula is C18H12ClFN3O2S+. The van der Waals surface area contributed by atoms with Gasteiger partial charge >= 0.3 is 5.56 Å². The molecule has 0 saturated heterocycles. The molecule has 0 amide bonds. The quantitative estimate of drug-likeness (QED) is 0.548. The maximum absolute atomic E-state index is 14.3. The van der Waals surface area contributed by atoms with E-state index in [4.69, 9.17) is 11.6 Å². The molecule has 4 rings (SSSR count). The Kier molecular flexibility index (Phi) is 4.18. The van der Waals surface area contributed by atoms with E-state index in [0.717, 1.165) is 4.88 Å². The second-order valence-corrected chi connectivity index (χ2v) is 7.28. The van der Waals surface area contributed by atoms with Crippen LogP contribution in [0.1, 0.15) is 4.88 Å². The van der Waals surface area contributed by atoms with Crippen molar-refractivity contribution in [3.05, 3.63) is 80.4 Å². The van der Waals surface area contributed by atoms with Gasteiger partial charge < -0.3 is 5.11 Å². The first kappa shape index (κ1) is 16.7. The van der Waals surface area contributed by atoms with Crippen molar-refractivity contribution in [3.8, 4) is 17.0 Å². The van der Waals surface area contributed by atoms with Gasteiger partial charge in [-0.25, -0.2) is 14.2 Å². The summed E-state index contributed by atoms with van der Waals surface area (Å²) in [7, 11) is 0. The molecule has 0 unspecified atom stereocenters. The highest BCUT2D eigenvalue weighted by Gasteiger charge is 2.26. The van der Waals surface area contributed by atoms with Crippen molar-refractivity contribution >= 4 is 28.6 Å². The molecule has 4 aromatic rings. The molecule has 130 valence electrons. The summed E-state index contributed by atoms with van der Waals surface area (Å²) >= 11 is 7.16. The summed E-state index contributed by atoms with van der Waals surface area (Å²) in [6, 6.07) is 11.0. The van der Waals surface area contributed by atoms with E-state index in [9.17, 15) is 14.3 Å². The molecule has 26 heavy (non-hydrogen) atoms. The molecule has 0 fully saturated rings. The van der Waals surface area contributed by atoms with Gasteiger partial charge in [-0.05, 0) is 12.1 Å². The van der Waals surface area contributed by atoms with E-state index in [0.29, 0.717) is 10.1 Å². The van der Waals surface area contributed by atoms with Crippen molar-refractivity contribution in [1.82, 2.24) is 9.55 Å². The zero-order valence-corrected chi connectivity index (χ0v) is 14.8. The Labute approximate surface area is 156 Å². The first-order chi connectivity index (χ1) is 12.6. The Bertz CT molecular complexity index is 1190. The Hall–Kier alpha value is -2.77. The van der Waals surface area contributed by atoms with Crippen LogP contribution in [0.15, 0.2) is 59.7 Å². The van der Waals surface area contributed by atoms with Crippen LogP contribution in [0.3, 0.4) is 0 Å². The second kappa shape index (κ2) is 6.51. The van der Waals surface area contributed by atoms with Crippen molar-refractivity contribution in [2.45, 2.75) is 6.54 Å². The van der Waals surface area contributed by atoms with Crippen molar-refractivity contribution in [2.75, 3.05) is 0 Å². The molecule has 0 radical (unpaired) electrons. The van der Waals surface area contributed by atoms with Crippen molar-refractivity contribution < 1.29 is 13.9 Å². The van der Waals surface area contributed by atoms with Gasteiger partial charge in [0.15, 0.2) is 10.0 Å². The van der Waals surface area contributed by atoms with Gasteiger partial charge in [0.2, 0.25) is 0 Å². The third kappa shape index (κ3) is 2.75. The van der Waals surface area contributed by atoms with Gasteiger partial charge in [0.25, 0.3) is 11.5 Å². The Morgan fingerprint density at radius 1 is 1.23 bits per heavy atom. The highest BCUT2D eigenvalue weighted by molar-refractivity contribution is 7.15. The van der Waals surface area contributed by atoms with Crippen LogP contribution in [0.4, 0.5) is 4.39 Å². The molecule has 0 aliphatic heterocycles. The normalized spacial score (nSPS) is 11.2. The van der Waals surface area contributed by atoms with E-state index in [1.807, 2.05) is 0 Å². The van der Waals surface area contributed by atoms with E-state index in [2.05, 4.69) is 4.98 Å². The third-order valence-corrected chi connectivity index (χ3v) is 5.11. The molecule has 0 saturated carbocycles. The number of thiazole rings is 1. The second-order valence-electron chi connectivity index (χ2n) is 5.58. The average Bonchev–Trinajstić information content (AvgIpc) is 3.05. The minimum absolute atomic E-state index is 0.0457. The Morgan fingerprint density at radius 3 is 2.73 bits per heavy atom. The summed E-state index contributed by atoms with van der Waals surface area (Å²) < 4.78 is 17.6. The number of aromatic nitrogens is 3. The molecule has 8 heteroatoms. The standard InChI is InChI=1S/C18H11ClFN3O2S/c19-18-21-9-11(26-18)10-23-14-7-3-4-8-22(14)16(24)15(17(23)25)12-5-1-2-6-13(12)20/h1-9H,10H2/p+1. The minimum Gasteiger partial charge on any atom is -0.477 e. The van der Waals surface area contributed by atoms with Gasteiger partial charge in [-0.2, -0.15) is 8.97 Å². The van der Waals surface area contributed by atoms with Crippen LogP contribution in [-0.2, 0) is 6.54 Å². The minimum atomic E-state index is -0.580. The van der Waals surface area contributed by atoms with Crippen LogP contribution >= 0.6 is 22.9 Å². The van der Waals surface area contributed by atoms with E-state index in [1.54, 1.807) is 36.7 Å². The number of aromatic hydroxyl groups is 1. The molecule has 0 aliphatic carbocycles. The molecule has 1 N–H and O–H groups in total. The number of benzene rings is 1. The van der Waals surface area contributed by atoms with Gasteiger partial charge in [0.1, 0.15) is 12.4 Å². The SMILES string of the molecule is O=c1c(-c2ccccc2F)c(O)n(Cc2cnc(Cl)s2)c2cccc[n+]12. The van der Waals surface area contributed by atoms with Gasteiger partial charge in [-0.15, -0.1) is 11.3 Å². The van der Waals surface area contributed by atoms with Gasteiger partial charge in [0.05, 0.1) is 11.1 Å². The van der Waals surface area contributed by atoms with E-state index < -0.39 is 11.4 Å². The predicted octanol–water partition coefficient (Wildman–Crippen LogP) is 3.26. The maximum atomic E-state index is 14.3. The molecule has 0 bridgehead atoms. The summed E-state index contributed by atoms with van der Waals surface area (Å²) in [4.78, 5) is 17.7. The zero-order valence-electron chi connectivity index (χ0n) is 13.3. The van der Waals surface area contributed by atoms with E-state index in [-0.39, 0.29) is 23.6 Å². The Morgan fingerprint density at radius 2 is 2.00 bits per heavy atom. The number of fused-ring (bicyclic) bond motifs is 1. The van der Waals surface area contributed by atoms with Crippen molar-refractivity contribution in [2.24, 2.45) is 0 Å². The Balaban J connectivity index is 2.04. The fourth-order valence-corrected chi connectivity index (χ4v) is 3.82. The molecule has 0 spiro atoms. The fourth-order valence-electron chi connectivity index (χ4n) is 2.85. The average molecular weight is 389 g/mol. The van der Waals surface area contributed by atoms with Crippen LogP contribution in [0, 0.1) is 5.82 Å². The molecule has 3 aromatic heterocycles. The molecule has 0 atom stereocenters. The lowest BCUT2D eigenvalue weighted by Gasteiger charge is -2.09. The first-order valence-electron chi connectivity index (χ1n) is 7.67. The predicted molar refractivity (Wildman–Crippen MR) is 97.1 cm³/mol. The maximum Gasteiger partial charge on any atom is 0.354 e. The van der Waals surface area contributed by atoms with Gasteiger partial charge in [-0.1, -0.05) is 35.9 Å². The van der Waals surface area contributed by atoms with Crippen LogP contribution in [-0.4, -0.2) is 14.7 Å². The highest BCUT2D eigenvalue weighted by Crippen LogP contribution is 2.29. The summed E-state index contributed by atoms with van der Waals surface area (Å²) in [6.07, 6.45) is 3.18. The highest BCUT2D eigenvalue weighted by atomic mass is 35.5. The van der Waals surface area contributed by atoms with Crippen LogP contribution in [0.5, 0.6) is 5.88 Å². The number of pyridine rings is 1. The lowest BCUT2D eigenvalue weighted by atomic mass is 10.1. The van der Waals surface area contributed by atoms with Crippen LogP contribution in [0.25, 0.3) is 16.8 Å². The topological polar surface area (TPSA) is 59.2 Å². The lowest BCUT2D eigenvalue weighted by molar-refractivity contribution is -0.532. The van der Waals surface area contributed by atoms with E-state index >= 15 is 0 Å². The summed E-state index contributed by atoms with van der Waals surface area (Å²) in [5.41, 5.74) is -0.0758. The number of hydrogen-bond donors (Lipinski definition) is 1. The van der Waals surface area contributed by atoms with E-state index in [1.165, 1.54) is 38.5 Å². The molecule has 0 aliphatic rings. The van der Waals surface area contributed by atoms with Crippen LogP contribution in [0.2, 0.25) is 4.47 Å². The lowest BCUT2D eigenvalue weighted by Crippen LogP contribution is -2.43. The van der Waals surface area contributed by atoms with Crippen molar-refractivity contribution in [1.29, 1.82) is 0 Å². The number of rotatable bonds is 3. The van der Waals surface area contributed by atoms with Gasteiger partial charge in [0, 0.05) is 17.8 Å². The fraction of sp³-hybridized carbons (Fsp3) is 0.0556. The summed E-state index contributed by atoms with van der Waals surface area (Å²) in [5, 5.41) is 10.8. The molecule has 5 nitrogen and oxygen atoms in total.